The third kappa shape index (κ3) is 2.49. The number of benzene rings is 1. The van der Waals surface area contributed by atoms with E-state index in [9.17, 15) is 4.79 Å². The molecule has 1 aromatic carbocycles. The molecule has 3 heteroatoms. The van der Waals surface area contributed by atoms with Crippen LogP contribution in [0.25, 0.3) is 0 Å². The molecule has 86 valence electrons. The number of fused-ring (bicyclic) bond motifs is 1. The molecule has 1 aromatic rings. The lowest BCUT2D eigenvalue weighted by molar-refractivity contribution is 0.0989. The SMILES string of the molecule is O=C(CNCCO)c1ccc2c(c1)CCC2. The Kier molecular flexibility index (Phi) is 3.70. The van der Waals surface area contributed by atoms with E-state index in [1.54, 1.807) is 0 Å². The van der Waals surface area contributed by atoms with Crippen LogP contribution in [0.5, 0.6) is 0 Å². The van der Waals surface area contributed by atoms with Gasteiger partial charge in [-0.25, -0.2) is 0 Å². The lowest BCUT2D eigenvalue weighted by atomic mass is 10.0. The van der Waals surface area contributed by atoms with Crippen molar-refractivity contribution in [3.05, 3.63) is 34.9 Å². The molecule has 0 aliphatic heterocycles. The largest absolute Gasteiger partial charge is 0.395 e. The highest BCUT2D eigenvalue weighted by Gasteiger charge is 2.13. The average Bonchev–Trinajstić information content (AvgIpc) is 2.76. The zero-order valence-electron chi connectivity index (χ0n) is 9.33. The van der Waals surface area contributed by atoms with Crippen LogP contribution >= 0.6 is 0 Å². The molecule has 0 saturated heterocycles. The van der Waals surface area contributed by atoms with Crippen molar-refractivity contribution in [2.75, 3.05) is 19.7 Å². The fraction of sp³-hybridized carbons (Fsp3) is 0.462. The second-order valence-corrected chi connectivity index (χ2v) is 4.16. The summed E-state index contributed by atoms with van der Waals surface area (Å²) in [5.41, 5.74) is 3.50. The summed E-state index contributed by atoms with van der Waals surface area (Å²) in [5.74, 6) is 0.100. The zero-order chi connectivity index (χ0) is 11.4. The highest BCUT2D eigenvalue weighted by molar-refractivity contribution is 5.97. The second-order valence-electron chi connectivity index (χ2n) is 4.16. The average molecular weight is 219 g/mol. The van der Waals surface area contributed by atoms with E-state index in [2.05, 4.69) is 11.4 Å². The third-order valence-corrected chi connectivity index (χ3v) is 2.99. The zero-order valence-corrected chi connectivity index (χ0v) is 9.33. The molecule has 0 heterocycles. The first kappa shape index (κ1) is 11.3. The van der Waals surface area contributed by atoms with Crippen LogP contribution in [-0.4, -0.2) is 30.6 Å². The summed E-state index contributed by atoms with van der Waals surface area (Å²) in [7, 11) is 0. The molecule has 2 rings (SSSR count). The van der Waals surface area contributed by atoms with Gasteiger partial charge in [0, 0.05) is 12.1 Å². The highest BCUT2D eigenvalue weighted by atomic mass is 16.3. The van der Waals surface area contributed by atoms with E-state index in [0.29, 0.717) is 13.1 Å². The maximum Gasteiger partial charge on any atom is 0.176 e. The number of aliphatic hydroxyl groups excluding tert-OH is 1. The number of aryl methyl sites for hydroxylation is 2. The van der Waals surface area contributed by atoms with Crippen LogP contribution in [0.2, 0.25) is 0 Å². The lowest BCUT2D eigenvalue weighted by Gasteiger charge is -2.05. The molecular formula is C13H17NO2. The molecule has 0 aromatic heterocycles. The Bertz CT molecular complexity index is 388. The second kappa shape index (κ2) is 5.23. The van der Waals surface area contributed by atoms with E-state index in [1.807, 2.05) is 12.1 Å². The van der Waals surface area contributed by atoms with Gasteiger partial charge < -0.3 is 10.4 Å². The normalized spacial score (nSPS) is 13.8. The van der Waals surface area contributed by atoms with E-state index >= 15 is 0 Å². The van der Waals surface area contributed by atoms with Gasteiger partial charge in [-0.15, -0.1) is 0 Å². The van der Waals surface area contributed by atoms with Gasteiger partial charge in [0.1, 0.15) is 0 Å². The molecule has 0 bridgehead atoms. The summed E-state index contributed by atoms with van der Waals surface area (Å²) in [4.78, 5) is 11.8. The molecule has 0 radical (unpaired) electrons. The molecule has 0 atom stereocenters. The van der Waals surface area contributed by atoms with Crippen LogP contribution in [0.3, 0.4) is 0 Å². The number of carbonyl (C=O) groups excluding carboxylic acids is 1. The minimum atomic E-state index is 0.0669. The monoisotopic (exact) mass is 219 g/mol. The number of Topliss-reactive ketones (excluding diaryl/α,β-unsaturated/α-hetero) is 1. The predicted octanol–water partition coefficient (Wildman–Crippen LogP) is 0.940. The molecule has 16 heavy (non-hydrogen) atoms. The van der Waals surface area contributed by atoms with Crippen molar-refractivity contribution >= 4 is 5.78 Å². The third-order valence-electron chi connectivity index (χ3n) is 2.99. The summed E-state index contributed by atoms with van der Waals surface area (Å²) < 4.78 is 0. The minimum absolute atomic E-state index is 0.0669. The Morgan fingerprint density at radius 3 is 2.94 bits per heavy atom. The van der Waals surface area contributed by atoms with Crippen molar-refractivity contribution in [2.24, 2.45) is 0 Å². The summed E-state index contributed by atoms with van der Waals surface area (Å²) >= 11 is 0. The van der Waals surface area contributed by atoms with Crippen LogP contribution in [0.15, 0.2) is 18.2 Å². The number of hydrogen-bond acceptors (Lipinski definition) is 3. The van der Waals surface area contributed by atoms with Gasteiger partial charge in [0.15, 0.2) is 5.78 Å². The maximum absolute atomic E-state index is 11.8. The number of ketones is 1. The van der Waals surface area contributed by atoms with Crippen LogP contribution in [0.1, 0.15) is 27.9 Å². The standard InChI is InChI=1S/C13H17NO2/c15-7-6-14-9-13(16)12-5-4-10-2-1-3-11(10)8-12/h4-5,8,14-15H,1-3,6-7,9H2. The van der Waals surface area contributed by atoms with Gasteiger partial charge in [0.2, 0.25) is 0 Å². The molecule has 0 fully saturated rings. The van der Waals surface area contributed by atoms with Gasteiger partial charge in [-0.2, -0.15) is 0 Å². The van der Waals surface area contributed by atoms with E-state index in [0.717, 1.165) is 18.4 Å². The molecular weight excluding hydrogens is 202 g/mol. The Balaban J connectivity index is 2.01. The molecule has 1 aliphatic rings. The van der Waals surface area contributed by atoms with Gasteiger partial charge in [-0.1, -0.05) is 12.1 Å². The summed E-state index contributed by atoms with van der Waals surface area (Å²) in [6, 6.07) is 6.00. The molecule has 2 N–H and O–H groups in total. The van der Waals surface area contributed by atoms with Crippen LogP contribution < -0.4 is 5.32 Å². The van der Waals surface area contributed by atoms with E-state index in [1.165, 1.54) is 17.5 Å². The Morgan fingerprint density at radius 2 is 2.12 bits per heavy atom. The molecule has 0 spiro atoms. The van der Waals surface area contributed by atoms with E-state index in [4.69, 9.17) is 5.11 Å². The maximum atomic E-state index is 11.8. The number of carbonyl (C=O) groups is 1. The number of nitrogens with one attached hydrogen (secondary N) is 1. The first-order valence-corrected chi connectivity index (χ1v) is 5.78. The van der Waals surface area contributed by atoms with E-state index in [-0.39, 0.29) is 12.4 Å². The van der Waals surface area contributed by atoms with Crippen LogP contribution in [-0.2, 0) is 12.8 Å². The van der Waals surface area contributed by atoms with Crippen molar-refractivity contribution < 1.29 is 9.90 Å². The summed E-state index contributed by atoms with van der Waals surface area (Å²) in [6.45, 7) is 0.841. The van der Waals surface area contributed by atoms with E-state index < -0.39 is 0 Å². The number of rotatable bonds is 5. The van der Waals surface area contributed by atoms with Crippen LogP contribution in [0, 0.1) is 0 Å². The van der Waals surface area contributed by atoms with Crippen molar-refractivity contribution in [3.8, 4) is 0 Å². The quantitative estimate of drug-likeness (QED) is 0.572. The Morgan fingerprint density at radius 1 is 1.31 bits per heavy atom. The van der Waals surface area contributed by atoms with Gasteiger partial charge >= 0.3 is 0 Å². The van der Waals surface area contributed by atoms with Gasteiger partial charge in [-0.3, -0.25) is 4.79 Å². The molecule has 0 amide bonds. The van der Waals surface area contributed by atoms with Crippen molar-refractivity contribution in [1.82, 2.24) is 5.32 Å². The Labute approximate surface area is 95.5 Å². The molecule has 0 saturated carbocycles. The molecule has 3 nitrogen and oxygen atoms in total. The smallest absolute Gasteiger partial charge is 0.176 e. The fourth-order valence-corrected chi connectivity index (χ4v) is 2.13. The van der Waals surface area contributed by atoms with Gasteiger partial charge in [0.05, 0.1) is 13.2 Å². The first-order valence-electron chi connectivity index (χ1n) is 5.78. The number of hydrogen-bond donors (Lipinski definition) is 2. The Hall–Kier alpha value is -1.19. The molecule has 0 unspecified atom stereocenters. The topological polar surface area (TPSA) is 49.3 Å². The van der Waals surface area contributed by atoms with Gasteiger partial charge in [0.25, 0.3) is 0 Å². The minimum Gasteiger partial charge on any atom is -0.395 e. The van der Waals surface area contributed by atoms with Crippen molar-refractivity contribution in [2.45, 2.75) is 19.3 Å². The summed E-state index contributed by atoms with van der Waals surface area (Å²) in [6.07, 6.45) is 3.45. The molecule has 1 aliphatic carbocycles. The lowest BCUT2D eigenvalue weighted by Crippen LogP contribution is -2.25. The van der Waals surface area contributed by atoms with Crippen LogP contribution in [0.4, 0.5) is 0 Å². The fourth-order valence-electron chi connectivity index (χ4n) is 2.13. The highest BCUT2D eigenvalue weighted by Crippen LogP contribution is 2.22. The van der Waals surface area contributed by atoms with Crippen molar-refractivity contribution in [1.29, 1.82) is 0 Å². The van der Waals surface area contributed by atoms with Gasteiger partial charge in [-0.05, 0) is 36.5 Å². The first-order chi connectivity index (χ1) is 7.81. The number of aliphatic hydroxyl groups is 1. The van der Waals surface area contributed by atoms with Crippen molar-refractivity contribution in [3.63, 3.8) is 0 Å². The predicted molar refractivity (Wildman–Crippen MR) is 62.8 cm³/mol. The summed E-state index contributed by atoms with van der Waals surface area (Å²) in [5, 5.41) is 11.5.